The van der Waals surface area contributed by atoms with Crippen LogP contribution in [0.25, 0.3) is 0 Å². The van der Waals surface area contributed by atoms with Crippen LogP contribution in [0.4, 0.5) is 4.79 Å². The van der Waals surface area contributed by atoms with Gasteiger partial charge in [-0.15, -0.1) is 11.3 Å². The zero-order valence-corrected chi connectivity index (χ0v) is 13.0. The van der Waals surface area contributed by atoms with Crippen molar-refractivity contribution in [3.63, 3.8) is 0 Å². The van der Waals surface area contributed by atoms with E-state index in [0.717, 1.165) is 21.2 Å². The summed E-state index contributed by atoms with van der Waals surface area (Å²) in [5.74, 6) is 0.817. The van der Waals surface area contributed by atoms with Gasteiger partial charge in [0.05, 0.1) is 18.2 Å². The Morgan fingerprint density at radius 2 is 2.14 bits per heavy atom. The van der Waals surface area contributed by atoms with E-state index in [1.165, 1.54) is 0 Å². The molecule has 1 heterocycles. The Bertz CT molecular complexity index is 598. The number of urea groups is 1. The number of hydrogen-bond acceptors (Lipinski definition) is 4. The first-order valence-corrected chi connectivity index (χ1v) is 7.63. The molecule has 0 atom stereocenters. The van der Waals surface area contributed by atoms with Crippen molar-refractivity contribution in [3.05, 3.63) is 45.9 Å². The highest BCUT2D eigenvalue weighted by atomic mass is 32.1. The molecule has 2 aromatic rings. The molecule has 1 aromatic carbocycles. The molecule has 1 aromatic heterocycles. The van der Waals surface area contributed by atoms with Gasteiger partial charge in [0.1, 0.15) is 5.75 Å². The molecular weight excluding hydrogens is 286 g/mol. The number of aryl methyl sites for hydroxylation is 1. The lowest BCUT2D eigenvalue weighted by Gasteiger charge is -2.08. The van der Waals surface area contributed by atoms with Crippen molar-refractivity contribution in [2.24, 2.45) is 0 Å². The molecule has 112 valence electrons. The van der Waals surface area contributed by atoms with E-state index in [1.807, 2.05) is 38.1 Å². The van der Waals surface area contributed by atoms with Crippen LogP contribution in [-0.2, 0) is 13.1 Å². The van der Waals surface area contributed by atoms with Crippen LogP contribution in [0.15, 0.2) is 30.5 Å². The van der Waals surface area contributed by atoms with Gasteiger partial charge in [0.15, 0.2) is 0 Å². The number of nitrogens with zero attached hydrogens (tertiary/aromatic N) is 1. The predicted molar refractivity (Wildman–Crippen MR) is 83.5 cm³/mol. The summed E-state index contributed by atoms with van der Waals surface area (Å²) < 4.78 is 5.43. The molecule has 21 heavy (non-hydrogen) atoms. The summed E-state index contributed by atoms with van der Waals surface area (Å²) in [6, 6.07) is 7.51. The highest BCUT2D eigenvalue weighted by Crippen LogP contribution is 2.13. The lowest BCUT2D eigenvalue weighted by atomic mass is 10.2. The SMILES string of the molecule is CCOc1cccc(CNC(=O)NCc2cnc(C)s2)c1. The van der Waals surface area contributed by atoms with Gasteiger partial charge >= 0.3 is 6.03 Å². The highest BCUT2D eigenvalue weighted by Gasteiger charge is 2.03. The summed E-state index contributed by atoms with van der Waals surface area (Å²) in [5.41, 5.74) is 1.00. The van der Waals surface area contributed by atoms with Crippen LogP contribution in [0.5, 0.6) is 5.75 Å². The Kier molecular flexibility index (Phi) is 5.57. The standard InChI is InChI=1S/C15H19N3O2S/c1-3-20-13-6-4-5-12(7-13)8-17-15(19)18-10-14-9-16-11(2)21-14/h4-7,9H,3,8,10H2,1-2H3,(H2,17,18,19). The van der Waals surface area contributed by atoms with Crippen molar-refractivity contribution in [3.8, 4) is 5.75 Å². The van der Waals surface area contributed by atoms with Crippen LogP contribution < -0.4 is 15.4 Å². The van der Waals surface area contributed by atoms with E-state index in [0.29, 0.717) is 19.7 Å². The van der Waals surface area contributed by atoms with Crippen molar-refractivity contribution in [1.82, 2.24) is 15.6 Å². The molecule has 2 rings (SSSR count). The fourth-order valence-electron chi connectivity index (χ4n) is 1.81. The molecule has 5 nitrogen and oxygen atoms in total. The number of hydrogen-bond donors (Lipinski definition) is 2. The van der Waals surface area contributed by atoms with Crippen LogP contribution in [0.2, 0.25) is 0 Å². The summed E-state index contributed by atoms with van der Waals surface area (Å²) in [5, 5.41) is 6.64. The number of ether oxygens (including phenoxy) is 1. The number of aromatic nitrogens is 1. The monoisotopic (exact) mass is 305 g/mol. The van der Waals surface area contributed by atoms with Crippen LogP contribution in [-0.4, -0.2) is 17.6 Å². The summed E-state index contributed by atoms with van der Waals surface area (Å²) in [7, 11) is 0. The minimum absolute atomic E-state index is 0.192. The highest BCUT2D eigenvalue weighted by molar-refractivity contribution is 7.11. The van der Waals surface area contributed by atoms with E-state index in [9.17, 15) is 4.79 Å². The van der Waals surface area contributed by atoms with Gasteiger partial charge in [-0.2, -0.15) is 0 Å². The zero-order chi connectivity index (χ0) is 15.1. The zero-order valence-electron chi connectivity index (χ0n) is 12.2. The molecular formula is C15H19N3O2S. The van der Waals surface area contributed by atoms with Crippen molar-refractivity contribution in [2.75, 3.05) is 6.61 Å². The average molecular weight is 305 g/mol. The third-order valence-corrected chi connectivity index (χ3v) is 3.67. The summed E-state index contributed by atoms with van der Waals surface area (Å²) in [6.07, 6.45) is 1.78. The predicted octanol–water partition coefficient (Wildman–Crippen LogP) is 2.85. The third-order valence-electron chi connectivity index (χ3n) is 2.75. The molecule has 2 N–H and O–H groups in total. The first-order chi connectivity index (χ1) is 10.2. The van der Waals surface area contributed by atoms with E-state index in [-0.39, 0.29) is 6.03 Å². The average Bonchev–Trinajstić information content (AvgIpc) is 2.89. The molecule has 0 fully saturated rings. The van der Waals surface area contributed by atoms with Gasteiger partial charge in [0.25, 0.3) is 0 Å². The molecule has 0 saturated heterocycles. The maximum atomic E-state index is 11.7. The van der Waals surface area contributed by atoms with Gasteiger partial charge in [-0.05, 0) is 31.5 Å². The number of amides is 2. The molecule has 0 unspecified atom stereocenters. The Morgan fingerprint density at radius 1 is 1.33 bits per heavy atom. The molecule has 0 aliphatic carbocycles. The molecule has 0 radical (unpaired) electrons. The number of nitrogens with one attached hydrogen (secondary N) is 2. The molecule has 2 amide bonds. The number of thiazole rings is 1. The van der Waals surface area contributed by atoms with Crippen molar-refractivity contribution < 1.29 is 9.53 Å². The number of rotatable bonds is 6. The summed E-state index contributed by atoms with van der Waals surface area (Å²) >= 11 is 1.58. The first kappa shape index (κ1) is 15.3. The first-order valence-electron chi connectivity index (χ1n) is 6.82. The molecule has 0 bridgehead atoms. The minimum atomic E-state index is -0.192. The quantitative estimate of drug-likeness (QED) is 0.862. The maximum Gasteiger partial charge on any atom is 0.315 e. The Morgan fingerprint density at radius 3 is 2.86 bits per heavy atom. The second kappa shape index (κ2) is 7.64. The molecule has 6 heteroatoms. The van der Waals surface area contributed by atoms with Crippen molar-refractivity contribution in [2.45, 2.75) is 26.9 Å². The van der Waals surface area contributed by atoms with Gasteiger partial charge in [-0.25, -0.2) is 9.78 Å². The summed E-state index contributed by atoms with van der Waals surface area (Å²) in [6.45, 7) is 5.48. The van der Waals surface area contributed by atoms with E-state index >= 15 is 0 Å². The fourth-order valence-corrected chi connectivity index (χ4v) is 2.55. The second-order valence-corrected chi connectivity index (χ2v) is 5.78. The van der Waals surface area contributed by atoms with E-state index in [1.54, 1.807) is 17.5 Å². The topological polar surface area (TPSA) is 63.2 Å². The van der Waals surface area contributed by atoms with Gasteiger partial charge in [-0.1, -0.05) is 12.1 Å². The van der Waals surface area contributed by atoms with Gasteiger partial charge < -0.3 is 15.4 Å². The smallest absolute Gasteiger partial charge is 0.315 e. The lowest BCUT2D eigenvalue weighted by Crippen LogP contribution is -2.34. The second-order valence-electron chi connectivity index (χ2n) is 4.46. The van der Waals surface area contributed by atoms with Gasteiger partial charge in [-0.3, -0.25) is 0 Å². The number of benzene rings is 1. The number of carbonyl (C=O) groups excluding carboxylic acids is 1. The van der Waals surface area contributed by atoms with Crippen LogP contribution in [0.3, 0.4) is 0 Å². The van der Waals surface area contributed by atoms with Crippen LogP contribution >= 0.6 is 11.3 Å². The summed E-state index contributed by atoms with van der Waals surface area (Å²) in [4.78, 5) is 16.9. The lowest BCUT2D eigenvalue weighted by molar-refractivity contribution is 0.240. The minimum Gasteiger partial charge on any atom is -0.494 e. The Balaban J connectivity index is 1.77. The Hall–Kier alpha value is -2.08. The van der Waals surface area contributed by atoms with Gasteiger partial charge in [0.2, 0.25) is 0 Å². The number of carbonyl (C=O) groups is 1. The van der Waals surface area contributed by atoms with E-state index in [2.05, 4.69) is 15.6 Å². The Labute approximate surface area is 128 Å². The van der Waals surface area contributed by atoms with Crippen molar-refractivity contribution in [1.29, 1.82) is 0 Å². The molecule has 0 spiro atoms. The fraction of sp³-hybridized carbons (Fsp3) is 0.333. The molecule has 0 aliphatic heterocycles. The normalized spacial score (nSPS) is 10.2. The van der Waals surface area contributed by atoms with Gasteiger partial charge in [0, 0.05) is 17.6 Å². The molecule has 0 aliphatic rings. The van der Waals surface area contributed by atoms with E-state index in [4.69, 9.17) is 4.74 Å². The maximum absolute atomic E-state index is 11.7. The largest absolute Gasteiger partial charge is 0.494 e. The third kappa shape index (κ3) is 5.07. The molecule has 0 saturated carbocycles. The van der Waals surface area contributed by atoms with E-state index < -0.39 is 0 Å². The van der Waals surface area contributed by atoms with Crippen LogP contribution in [0, 0.1) is 6.92 Å². The van der Waals surface area contributed by atoms with Crippen molar-refractivity contribution >= 4 is 17.4 Å². The van der Waals surface area contributed by atoms with Crippen LogP contribution in [0.1, 0.15) is 22.4 Å².